The summed E-state index contributed by atoms with van der Waals surface area (Å²) in [6, 6.07) is 14.1. The van der Waals surface area contributed by atoms with Crippen molar-refractivity contribution in [1.29, 1.82) is 0 Å². The predicted octanol–water partition coefficient (Wildman–Crippen LogP) is 4.72. The van der Waals surface area contributed by atoms with Crippen molar-refractivity contribution in [3.05, 3.63) is 48.0 Å². The number of hydrogen-bond acceptors (Lipinski definition) is 2. The smallest absolute Gasteiger partial charge is 0.310 e. The first-order chi connectivity index (χ1) is 10.3. The lowest BCUT2D eigenvalue weighted by atomic mass is 10.0. The molecule has 21 heavy (non-hydrogen) atoms. The molecular weight excluding hydrogens is 284 g/mol. The molecule has 112 valence electrons. The Labute approximate surface area is 131 Å². The molecule has 0 bridgehead atoms. The maximum Gasteiger partial charge on any atom is 0.310 e. The molecule has 0 heterocycles. The van der Waals surface area contributed by atoms with E-state index >= 15 is 0 Å². The van der Waals surface area contributed by atoms with E-state index in [0.29, 0.717) is 18.9 Å². The first kappa shape index (κ1) is 15.8. The van der Waals surface area contributed by atoms with Crippen molar-refractivity contribution in [1.82, 2.24) is 0 Å². The van der Waals surface area contributed by atoms with Crippen molar-refractivity contribution in [3.8, 4) is 0 Å². The summed E-state index contributed by atoms with van der Waals surface area (Å²) >= 11 is 5.62. The molecule has 0 unspecified atom stereocenters. The van der Waals surface area contributed by atoms with Crippen LogP contribution < -0.4 is 0 Å². The minimum absolute atomic E-state index is 0.149. The Kier molecular flexibility index (Phi) is 6.55. The van der Waals surface area contributed by atoms with Gasteiger partial charge in [0, 0.05) is 5.88 Å². The lowest BCUT2D eigenvalue weighted by molar-refractivity contribution is -0.142. The zero-order chi connectivity index (χ0) is 14.9. The van der Waals surface area contributed by atoms with Crippen molar-refractivity contribution >= 4 is 28.3 Å². The quantitative estimate of drug-likeness (QED) is 0.400. The summed E-state index contributed by atoms with van der Waals surface area (Å²) in [6.45, 7) is 0.506. The van der Waals surface area contributed by atoms with Gasteiger partial charge in [0.2, 0.25) is 0 Å². The largest absolute Gasteiger partial charge is 0.465 e. The first-order valence-corrected chi connectivity index (χ1v) is 8.03. The van der Waals surface area contributed by atoms with Crippen LogP contribution in [0.1, 0.15) is 31.2 Å². The van der Waals surface area contributed by atoms with Crippen LogP contribution in [0, 0.1) is 0 Å². The SMILES string of the molecule is O=C(Cc1cccc2ccccc12)OCCCCCCCl. The maximum absolute atomic E-state index is 11.9. The lowest BCUT2D eigenvalue weighted by Crippen LogP contribution is -2.09. The van der Waals surface area contributed by atoms with E-state index in [0.717, 1.165) is 42.0 Å². The van der Waals surface area contributed by atoms with Gasteiger partial charge in [-0.25, -0.2) is 0 Å². The van der Waals surface area contributed by atoms with Gasteiger partial charge in [-0.1, -0.05) is 55.3 Å². The lowest BCUT2D eigenvalue weighted by Gasteiger charge is -2.07. The molecule has 0 aromatic heterocycles. The molecule has 0 aliphatic heterocycles. The summed E-state index contributed by atoms with van der Waals surface area (Å²) in [5, 5.41) is 2.28. The van der Waals surface area contributed by atoms with Crippen LogP contribution >= 0.6 is 11.6 Å². The van der Waals surface area contributed by atoms with Crippen LogP contribution in [0.2, 0.25) is 0 Å². The Morgan fingerprint density at radius 3 is 2.57 bits per heavy atom. The molecule has 0 aliphatic carbocycles. The van der Waals surface area contributed by atoms with Crippen LogP contribution in [0.25, 0.3) is 10.8 Å². The van der Waals surface area contributed by atoms with Crippen molar-refractivity contribution in [3.63, 3.8) is 0 Å². The maximum atomic E-state index is 11.9. The molecule has 0 saturated carbocycles. The fraction of sp³-hybridized carbons (Fsp3) is 0.389. The number of esters is 1. The molecule has 0 radical (unpaired) electrons. The number of ether oxygens (including phenoxy) is 1. The molecule has 0 N–H and O–H groups in total. The highest BCUT2D eigenvalue weighted by molar-refractivity contribution is 6.17. The van der Waals surface area contributed by atoms with Crippen LogP contribution in [0.4, 0.5) is 0 Å². The van der Waals surface area contributed by atoms with Gasteiger partial charge in [-0.05, 0) is 29.2 Å². The number of carbonyl (C=O) groups is 1. The minimum Gasteiger partial charge on any atom is -0.465 e. The summed E-state index contributed by atoms with van der Waals surface area (Å²) in [4.78, 5) is 11.9. The highest BCUT2D eigenvalue weighted by Gasteiger charge is 2.07. The zero-order valence-electron chi connectivity index (χ0n) is 12.2. The molecule has 0 spiro atoms. The minimum atomic E-state index is -0.149. The van der Waals surface area contributed by atoms with Crippen molar-refractivity contribution in [2.45, 2.75) is 32.1 Å². The first-order valence-electron chi connectivity index (χ1n) is 7.49. The molecule has 0 aliphatic rings. The van der Waals surface area contributed by atoms with E-state index in [1.165, 1.54) is 0 Å². The van der Waals surface area contributed by atoms with Gasteiger partial charge in [0.05, 0.1) is 13.0 Å². The third kappa shape index (κ3) is 5.05. The number of fused-ring (bicyclic) bond motifs is 1. The fourth-order valence-corrected chi connectivity index (χ4v) is 2.58. The zero-order valence-corrected chi connectivity index (χ0v) is 12.9. The summed E-state index contributed by atoms with van der Waals surface area (Å²) in [7, 11) is 0. The van der Waals surface area contributed by atoms with Crippen LogP contribution in [0.3, 0.4) is 0 Å². The van der Waals surface area contributed by atoms with Gasteiger partial charge < -0.3 is 4.74 Å². The normalized spacial score (nSPS) is 10.7. The number of hydrogen-bond donors (Lipinski definition) is 0. The van der Waals surface area contributed by atoms with Gasteiger partial charge in [-0.15, -0.1) is 11.6 Å². The monoisotopic (exact) mass is 304 g/mol. The van der Waals surface area contributed by atoms with Crippen molar-refractivity contribution in [2.24, 2.45) is 0 Å². The Morgan fingerprint density at radius 1 is 0.952 bits per heavy atom. The van der Waals surface area contributed by atoms with E-state index in [9.17, 15) is 4.79 Å². The van der Waals surface area contributed by atoms with E-state index in [-0.39, 0.29) is 5.97 Å². The van der Waals surface area contributed by atoms with Gasteiger partial charge in [-0.2, -0.15) is 0 Å². The Bertz CT molecular complexity index is 575. The van der Waals surface area contributed by atoms with Gasteiger partial charge >= 0.3 is 5.97 Å². The van der Waals surface area contributed by atoms with Crippen molar-refractivity contribution < 1.29 is 9.53 Å². The molecule has 0 amide bonds. The number of halogens is 1. The van der Waals surface area contributed by atoms with E-state index in [2.05, 4.69) is 12.1 Å². The third-order valence-corrected chi connectivity index (χ3v) is 3.77. The molecule has 0 saturated heterocycles. The molecule has 0 atom stereocenters. The van der Waals surface area contributed by atoms with Gasteiger partial charge in [0.1, 0.15) is 0 Å². The standard InChI is InChI=1S/C18H21ClO2/c19-12-5-1-2-6-13-21-18(20)14-16-10-7-9-15-8-3-4-11-17(15)16/h3-4,7-11H,1-2,5-6,12-14H2. The summed E-state index contributed by atoms with van der Waals surface area (Å²) < 4.78 is 5.30. The molecule has 2 rings (SSSR count). The average molecular weight is 305 g/mol. The van der Waals surface area contributed by atoms with Crippen LogP contribution in [0.15, 0.2) is 42.5 Å². The van der Waals surface area contributed by atoms with Gasteiger partial charge in [0.15, 0.2) is 0 Å². The molecule has 2 aromatic carbocycles. The van der Waals surface area contributed by atoms with E-state index < -0.39 is 0 Å². The number of unbranched alkanes of at least 4 members (excludes halogenated alkanes) is 3. The Morgan fingerprint density at radius 2 is 1.71 bits per heavy atom. The second kappa shape index (κ2) is 8.68. The van der Waals surface area contributed by atoms with E-state index in [4.69, 9.17) is 16.3 Å². The number of rotatable bonds is 8. The van der Waals surface area contributed by atoms with E-state index in [1.54, 1.807) is 0 Å². The number of alkyl halides is 1. The van der Waals surface area contributed by atoms with Crippen LogP contribution in [-0.4, -0.2) is 18.5 Å². The molecule has 3 heteroatoms. The number of benzene rings is 2. The molecule has 2 nitrogen and oxygen atoms in total. The Balaban J connectivity index is 1.82. The predicted molar refractivity (Wildman–Crippen MR) is 87.8 cm³/mol. The second-order valence-electron chi connectivity index (χ2n) is 5.14. The van der Waals surface area contributed by atoms with Crippen LogP contribution in [-0.2, 0) is 16.0 Å². The summed E-state index contributed by atoms with van der Waals surface area (Å²) in [5.41, 5.74) is 1.03. The average Bonchev–Trinajstić information content (AvgIpc) is 2.51. The summed E-state index contributed by atoms with van der Waals surface area (Å²) in [5.74, 6) is 0.560. The highest BCUT2D eigenvalue weighted by atomic mass is 35.5. The fourth-order valence-electron chi connectivity index (χ4n) is 2.39. The topological polar surface area (TPSA) is 26.3 Å². The van der Waals surface area contributed by atoms with E-state index in [1.807, 2.05) is 30.3 Å². The molecule has 0 fully saturated rings. The van der Waals surface area contributed by atoms with Crippen LogP contribution in [0.5, 0.6) is 0 Å². The molecular formula is C18H21ClO2. The Hall–Kier alpha value is -1.54. The molecule has 2 aromatic rings. The number of carbonyl (C=O) groups excluding carboxylic acids is 1. The summed E-state index contributed by atoms with van der Waals surface area (Å²) in [6.07, 6.45) is 4.45. The van der Waals surface area contributed by atoms with Gasteiger partial charge in [-0.3, -0.25) is 4.79 Å². The highest BCUT2D eigenvalue weighted by Crippen LogP contribution is 2.19. The second-order valence-corrected chi connectivity index (χ2v) is 5.52. The van der Waals surface area contributed by atoms with Crippen molar-refractivity contribution in [2.75, 3.05) is 12.5 Å². The van der Waals surface area contributed by atoms with Gasteiger partial charge in [0.25, 0.3) is 0 Å². The third-order valence-electron chi connectivity index (χ3n) is 3.51.